The number of hydrogen-bond acceptors (Lipinski definition) is 4. The number of nitrogens with zero attached hydrogens (tertiary/aromatic N) is 4. The molecule has 0 saturated carbocycles. The van der Waals surface area contributed by atoms with E-state index in [4.69, 9.17) is 4.98 Å². The van der Waals surface area contributed by atoms with Gasteiger partial charge in [0.1, 0.15) is 0 Å². The van der Waals surface area contributed by atoms with Crippen molar-refractivity contribution in [3.63, 3.8) is 0 Å². The third-order valence-corrected chi connectivity index (χ3v) is 6.38. The van der Waals surface area contributed by atoms with Crippen LogP contribution in [0.15, 0.2) is 59.8 Å². The molecule has 1 aromatic heterocycles. The van der Waals surface area contributed by atoms with Crippen LogP contribution in [0.25, 0.3) is 11.0 Å². The number of rotatable bonds is 5. The lowest BCUT2D eigenvalue weighted by atomic mass is 10.2. The van der Waals surface area contributed by atoms with Crippen molar-refractivity contribution < 1.29 is 9.59 Å². The molecule has 30 heavy (non-hydrogen) atoms. The zero-order valence-electron chi connectivity index (χ0n) is 17.2. The molecule has 4 rings (SSSR count). The van der Waals surface area contributed by atoms with Gasteiger partial charge in [-0.15, -0.1) is 0 Å². The van der Waals surface area contributed by atoms with Crippen LogP contribution in [0.5, 0.6) is 0 Å². The third-order valence-electron chi connectivity index (χ3n) is 5.42. The summed E-state index contributed by atoms with van der Waals surface area (Å²) in [6, 6.07) is 17.4. The van der Waals surface area contributed by atoms with Crippen LogP contribution in [0.4, 0.5) is 0 Å². The quantitative estimate of drug-likeness (QED) is 0.591. The summed E-state index contributed by atoms with van der Waals surface area (Å²) in [5.41, 5.74) is 2.75. The summed E-state index contributed by atoms with van der Waals surface area (Å²) in [4.78, 5) is 34.0. The lowest BCUT2D eigenvalue weighted by Gasteiger charge is -2.22. The molecule has 0 atom stereocenters. The number of imidazole rings is 1. The molecule has 2 aromatic carbocycles. The van der Waals surface area contributed by atoms with Crippen molar-refractivity contribution in [1.82, 2.24) is 19.4 Å². The van der Waals surface area contributed by atoms with Gasteiger partial charge >= 0.3 is 0 Å². The SMILES string of the molecule is CCn1c(SCC(=O)N2CCCN(C(=O)c3ccccc3)CC2)nc2ccccc21. The van der Waals surface area contributed by atoms with E-state index < -0.39 is 0 Å². The van der Waals surface area contributed by atoms with Gasteiger partial charge in [0.05, 0.1) is 16.8 Å². The van der Waals surface area contributed by atoms with Crippen molar-refractivity contribution in [2.45, 2.75) is 25.0 Å². The maximum Gasteiger partial charge on any atom is 0.253 e. The predicted octanol–water partition coefficient (Wildman–Crippen LogP) is 3.52. The number of hydrogen-bond donors (Lipinski definition) is 0. The molecule has 1 saturated heterocycles. The van der Waals surface area contributed by atoms with E-state index in [1.54, 1.807) is 0 Å². The summed E-state index contributed by atoms with van der Waals surface area (Å²) in [7, 11) is 0. The van der Waals surface area contributed by atoms with Crippen LogP contribution in [0.3, 0.4) is 0 Å². The van der Waals surface area contributed by atoms with Crippen LogP contribution in [0.2, 0.25) is 0 Å². The lowest BCUT2D eigenvalue weighted by Crippen LogP contribution is -2.38. The van der Waals surface area contributed by atoms with Crippen LogP contribution in [0.1, 0.15) is 23.7 Å². The summed E-state index contributed by atoms with van der Waals surface area (Å²) in [6.45, 7) is 5.41. The Labute approximate surface area is 180 Å². The van der Waals surface area contributed by atoms with Crippen LogP contribution in [-0.2, 0) is 11.3 Å². The molecular weight excluding hydrogens is 396 g/mol. The molecular formula is C23H26N4O2S. The van der Waals surface area contributed by atoms with Gasteiger partial charge in [-0.2, -0.15) is 0 Å². The van der Waals surface area contributed by atoms with Crippen LogP contribution >= 0.6 is 11.8 Å². The standard InChI is InChI=1S/C23H26N4O2S/c1-2-27-20-12-7-6-11-19(20)24-23(27)30-17-21(28)25-13-8-14-26(16-15-25)22(29)18-9-4-3-5-10-18/h3-7,9-12H,2,8,13-17H2,1H3. The van der Waals surface area contributed by atoms with E-state index in [9.17, 15) is 9.59 Å². The minimum absolute atomic E-state index is 0.0379. The average Bonchev–Trinajstić information content (AvgIpc) is 2.96. The minimum atomic E-state index is 0.0379. The topological polar surface area (TPSA) is 58.4 Å². The Kier molecular flexibility index (Phi) is 6.38. The van der Waals surface area contributed by atoms with Gasteiger partial charge in [0.25, 0.3) is 5.91 Å². The lowest BCUT2D eigenvalue weighted by molar-refractivity contribution is -0.128. The first-order valence-corrected chi connectivity index (χ1v) is 11.4. The molecule has 6 nitrogen and oxygen atoms in total. The zero-order chi connectivity index (χ0) is 20.9. The van der Waals surface area contributed by atoms with E-state index in [-0.39, 0.29) is 11.8 Å². The zero-order valence-corrected chi connectivity index (χ0v) is 18.0. The van der Waals surface area contributed by atoms with Crippen molar-refractivity contribution in [1.29, 1.82) is 0 Å². The van der Waals surface area contributed by atoms with Crippen LogP contribution in [-0.4, -0.2) is 63.1 Å². The highest BCUT2D eigenvalue weighted by atomic mass is 32.2. The van der Waals surface area contributed by atoms with E-state index in [2.05, 4.69) is 17.6 Å². The predicted molar refractivity (Wildman–Crippen MR) is 120 cm³/mol. The fourth-order valence-corrected chi connectivity index (χ4v) is 4.80. The van der Waals surface area contributed by atoms with Gasteiger partial charge in [0.15, 0.2) is 5.16 Å². The molecule has 0 N–H and O–H groups in total. The maximum atomic E-state index is 12.9. The maximum absolute atomic E-state index is 12.9. The second-order valence-corrected chi connectivity index (χ2v) is 8.25. The molecule has 7 heteroatoms. The number of para-hydroxylation sites is 2. The summed E-state index contributed by atoms with van der Waals surface area (Å²) in [5, 5.41) is 0.878. The van der Waals surface area contributed by atoms with Gasteiger partial charge in [-0.05, 0) is 37.6 Å². The Bertz CT molecular complexity index is 1030. The second-order valence-electron chi connectivity index (χ2n) is 7.31. The van der Waals surface area contributed by atoms with Gasteiger partial charge in [-0.25, -0.2) is 4.98 Å². The number of carbonyl (C=O) groups is 2. The van der Waals surface area contributed by atoms with E-state index in [1.165, 1.54) is 11.8 Å². The van der Waals surface area contributed by atoms with Crippen molar-refractivity contribution in [2.75, 3.05) is 31.9 Å². The molecule has 0 bridgehead atoms. The first-order chi connectivity index (χ1) is 14.7. The van der Waals surface area contributed by atoms with Gasteiger partial charge < -0.3 is 14.4 Å². The molecule has 2 amide bonds. The van der Waals surface area contributed by atoms with E-state index >= 15 is 0 Å². The van der Waals surface area contributed by atoms with Crippen molar-refractivity contribution in [2.24, 2.45) is 0 Å². The fraction of sp³-hybridized carbons (Fsp3) is 0.348. The molecule has 1 aliphatic heterocycles. The van der Waals surface area contributed by atoms with Crippen molar-refractivity contribution in [3.8, 4) is 0 Å². The van der Waals surface area contributed by atoms with Crippen LogP contribution < -0.4 is 0 Å². The average molecular weight is 423 g/mol. The molecule has 0 unspecified atom stereocenters. The Morgan fingerprint density at radius 3 is 2.43 bits per heavy atom. The molecule has 156 valence electrons. The number of amides is 2. The van der Waals surface area contributed by atoms with E-state index in [0.717, 1.165) is 29.2 Å². The summed E-state index contributed by atoms with van der Waals surface area (Å²) in [6.07, 6.45) is 0.794. The van der Waals surface area contributed by atoms with E-state index in [1.807, 2.05) is 58.3 Å². The smallest absolute Gasteiger partial charge is 0.253 e. The van der Waals surface area contributed by atoms with Gasteiger partial charge in [0, 0.05) is 38.3 Å². The highest BCUT2D eigenvalue weighted by molar-refractivity contribution is 7.99. The first-order valence-electron chi connectivity index (χ1n) is 10.4. The van der Waals surface area contributed by atoms with Crippen molar-refractivity contribution in [3.05, 3.63) is 60.2 Å². The molecule has 1 fully saturated rings. The number of aryl methyl sites for hydroxylation is 1. The minimum Gasteiger partial charge on any atom is -0.340 e. The Morgan fingerprint density at radius 1 is 0.933 bits per heavy atom. The summed E-state index contributed by atoms with van der Waals surface area (Å²) >= 11 is 1.49. The summed E-state index contributed by atoms with van der Waals surface area (Å²) < 4.78 is 2.15. The number of fused-ring (bicyclic) bond motifs is 1. The molecule has 1 aliphatic rings. The van der Waals surface area contributed by atoms with E-state index in [0.29, 0.717) is 37.5 Å². The number of aromatic nitrogens is 2. The Morgan fingerprint density at radius 2 is 1.63 bits per heavy atom. The highest BCUT2D eigenvalue weighted by Crippen LogP contribution is 2.24. The molecule has 2 heterocycles. The van der Waals surface area contributed by atoms with Crippen LogP contribution in [0, 0.1) is 0 Å². The molecule has 0 radical (unpaired) electrons. The first kappa shape index (κ1) is 20.5. The Balaban J connectivity index is 1.36. The fourth-order valence-electron chi connectivity index (χ4n) is 3.82. The molecule has 3 aromatic rings. The number of thioether (sulfide) groups is 1. The summed E-state index contributed by atoms with van der Waals surface area (Å²) in [5.74, 6) is 0.496. The monoisotopic (exact) mass is 422 g/mol. The second kappa shape index (κ2) is 9.34. The third kappa shape index (κ3) is 4.36. The van der Waals surface area contributed by atoms with Gasteiger partial charge in [-0.1, -0.05) is 42.1 Å². The number of carbonyl (C=O) groups excluding carboxylic acids is 2. The Hall–Kier alpha value is -2.80. The molecule has 0 spiro atoms. The van der Waals surface area contributed by atoms with Gasteiger partial charge in [-0.3, -0.25) is 9.59 Å². The molecule has 0 aliphatic carbocycles. The normalized spacial score (nSPS) is 14.7. The largest absolute Gasteiger partial charge is 0.340 e. The van der Waals surface area contributed by atoms with Gasteiger partial charge in [0.2, 0.25) is 5.91 Å². The van der Waals surface area contributed by atoms with Crippen molar-refractivity contribution >= 4 is 34.6 Å². The highest BCUT2D eigenvalue weighted by Gasteiger charge is 2.23. The number of benzene rings is 2.